The third-order valence-electron chi connectivity index (χ3n) is 0. The molecule has 0 saturated carbocycles. The van der Waals surface area contributed by atoms with Crippen LogP contribution in [0.25, 0.3) is 0 Å². The SMILES string of the molecule is C.C.C.C=C.C=C.C=C.C=C.C=C.C=C.C=C.C=C.C=C.C=C.C=C.C=C=C.C=C=C. The zero-order valence-corrected chi connectivity index (χ0v) is 19.4. The van der Waals surface area contributed by atoms with Crippen LogP contribution < -0.4 is 0 Å². The molecule has 31 heavy (non-hydrogen) atoms. The molecule has 0 rings (SSSR count). The molecule has 0 aromatic carbocycles. The molecular weight excluding hydrogens is 372 g/mol. The summed E-state index contributed by atoms with van der Waals surface area (Å²) in [6.07, 6.45) is 0. The second kappa shape index (κ2) is 5010. The van der Waals surface area contributed by atoms with Crippen LogP contribution in [0.4, 0.5) is 0 Å². The van der Waals surface area contributed by atoms with Gasteiger partial charge >= 0.3 is 0 Å². The Labute approximate surface area is 204 Å². The summed E-state index contributed by atoms with van der Waals surface area (Å²) in [5.74, 6) is 0. The summed E-state index contributed by atoms with van der Waals surface area (Å²) in [5.41, 5.74) is 4.50. The molecule has 0 fully saturated rings. The van der Waals surface area contributed by atoms with E-state index in [1.165, 1.54) is 0 Å². The van der Waals surface area contributed by atoms with E-state index in [0.29, 0.717) is 0 Å². The molecule has 0 amide bonds. The first-order valence-corrected chi connectivity index (χ1v) is 6.91. The quantitative estimate of drug-likeness (QED) is 0.261. The third kappa shape index (κ3) is 1050. The summed E-state index contributed by atoms with van der Waals surface area (Å²) in [7, 11) is 0. The highest BCUT2D eigenvalue weighted by molar-refractivity contribution is 4.52. The van der Waals surface area contributed by atoms with Crippen LogP contribution in [0.1, 0.15) is 22.3 Å². The standard InChI is InChI=1S/2C3H4.11C2H4.3CH4/c2*1-3-2;11*1-2;;;/h2*1-2H2;11*1-2H2;3*1H4. The summed E-state index contributed by atoms with van der Waals surface area (Å²) < 4.78 is 0. The van der Waals surface area contributed by atoms with Crippen LogP contribution >= 0.6 is 0 Å². The largest absolute Gasteiger partial charge is 0.137 e. The fourth-order valence-electron chi connectivity index (χ4n) is 0. The van der Waals surface area contributed by atoms with Crippen molar-refractivity contribution in [1.29, 1.82) is 0 Å². The lowest BCUT2D eigenvalue weighted by molar-refractivity contribution is 2.50. The minimum Gasteiger partial charge on any atom is -0.137 e. The fraction of sp³-hybridized carbons (Fsp3) is 0.0968. The minimum atomic E-state index is 0. The molecule has 0 unspecified atom stereocenters. The molecule has 0 N–H and O–H groups in total. The van der Waals surface area contributed by atoms with E-state index in [4.69, 9.17) is 0 Å². The van der Waals surface area contributed by atoms with Crippen molar-refractivity contribution in [2.24, 2.45) is 0 Å². The Kier molecular flexibility index (Phi) is 24100. The predicted molar refractivity (Wildman–Crippen MR) is 174 cm³/mol. The zero-order chi connectivity index (χ0) is 27.4. The van der Waals surface area contributed by atoms with Crippen LogP contribution in [0.15, 0.2) is 183 Å². The lowest BCUT2D eigenvalue weighted by Crippen LogP contribution is -0.844. The van der Waals surface area contributed by atoms with Gasteiger partial charge in [-0.2, -0.15) is 0 Å². The van der Waals surface area contributed by atoms with Crippen molar-refractivity contribution < 1.29 is 0 Å². The summed E-state index contributed by atoms with van der Waals surface area (Å²) in [6, 6.07) is 0. The summed E-state index contributed by atoms with van der Waals surface area (Å²) in [5, 5.41) is 0. The normalized spacial score (nSPS) is 1.94. The van der Waals surface area contributed by atoms with E-state index in [-0.39, 0.29) is 22.3 Å². The molecular formula is C31H64. The van der Waals surface area contributed by atoms with E-state index in [2.05, 4.69) is 183 Å². The van der Waals surface area contributed by atoms with Crippen molar-refractivity contribution in [2.75, 3.05) is 0 Å². The van der Waals surface area contributed by atoms with Gasteiger partial charge < -0.3 is 0 Å². The Morgan fingerprint density at radius 3 is 0.194 bits per heavy atom. The van der Waals surface area contributed by atoms with Crippen molar-refractivity contribution in [1.82, 2.24) is 0 Å². The molecule has 0 bridgehead atoms. The van der Waals surface area contributed by atoms with Crippen molar-refractivity contribution in [2.45, 2.75) is 22.3 Å². The van der Waals surface area contributed by atoms with Crippen molar-refractivity contribution in [3.63, 3.8) is 0 Å². The van der Waals surface area contributed by atoms with Crippen LogP contribution in [0, 0.1) is 0 Å². The summed E-state index contributed by atoms with van der Waals surface area (Å²) in [6.45, 7) is 78.5. The van der Waals surface area contributed by atoms with Gasteiger partial charge in [-0.3, -0.25) is 0 Å². The highest BCUT2D eigenvalue weighted by Gasteiger charge is 0.908. The van der Waals surface area contributed by atoms with Gasteiger partial charge in [0, 0.05) is 0 Å². The molecule has 0 aliphatic carbocycles. The maximum Gasteiger partial charge on any atom is -0.0572 e. The van der Waals surface area contributed by atoms with Crippen LogP contribution in [0.5, 0.6) is 0 Å². The van der Waals surface area contributed by atoms with Gasteiger partial charge in [0.15, 0.2) is 0 Å². The van der Waals surface area contributed by atoms with Crippen LogP contribution in [-0.4, -0.2) is 0 Å². The zero-order valence-electron chi connectivity index (χ0n) is 19.4. The Bertz CT molecular complexity index is 138. The Balaban J connectivity index is -0.00000000559. The Hall–Kier alpha value is -3.82. The van der Waals surface area contributed by atoms with E-state index in [1.807, 2.05) is 0 Å². The van der Waals surface area contributed by atoms with E-state index < -0.39 is 0 Å². The number of hydrogen-bond donors (Lipinski definition) is 0. The molecule has 188 valence electrons. The molecule has 0 nitrogen and oxygen atoms in total. The smallest absolute Gasteiger partial charge is 0.0572 e. The Morgan fingerprint density at radius 2 is 0.194 bits per heavy atom. The number of hydrogen-bond acceptors (Lipinski definition) is 0. The second-order valence-corrected chi connectivity index (χ2v) is 0.500. The van der Waals surface area contributed by atoms with Crippen LogP contribution in [-0.2, 0) is 0 Å². The average Bonchev–Trinajstić information content (AvgIpc) is 2.88. The molecule has 0 aromatic heterocycles. The first-order valence-electron chi connectivity index (χ1n) is 6.91. The van der Waals surface area contributed by atoms with Gasteiger partial charge in [0.2, 0.25) is 0 Å². The van der Waals surface area contributed by atoms with Gasteiger partial charge in [0.05, 0.1) is 0 Å². The monoisotopic (exact) mass is 437 g/mol. The van der Waals surface area contributed by atoms with E-state index in [9.17, 15) is 0 Å². The molecule has 0 radical (unpaired) electrons. The molecule has 0 aromatic rings. The highest BCUT2D eigenvalue weighted by Crippen LogP contribution is 1.16. The fourth-order valence-corrected chi connectivity index (χ4v) is 0. The van der Waals surface area contributed by atoms with Gasteiger partial charge in [-0.1, -0.05) is 48.6 Å². The van der Waals surface area contributed by atoms with Crippen LogP contribution in [0.3, 0.4) is 0 Å². The maximum absolute atomic E-state index is 3.12. The topological polar surface area (TPSA) is 0 Å². The van der Waals surface area contributed by atoms with Crippen molar-refractivity contribution >= 4 is 0 Å². The second-order valence-electron chi connectivity index (χ2n) is 0.500. The van der Waals surface area contributed by atoms with Gasteiger partial charge in [0.25, 0.3) is 0 Å². The molecule has 0 aliphatic rings. The lowest BCUT2D eigenvalue weighted by Gasteiger charge is -1.10. The average molecular weight is 437 g/mol. The molecule has 0 atom stereocenters. The Morgan fingerprint density at radius 1 is 0.194 bits per heavy atom. The van der Waals surface area contributed by atoms with Gasteiger partial charge in [-0.15, -0.1) is 156 Å². The van der Waals surface area contributed by atoms with Gasteiger partial charge in [-0.25, -0.2) is 0 Å². The molecule has 0 heterocycles. The van der Waals surface area contributed by atoms with Crippen molar-refractivity contribution in [3.05, 3.63) is 183 Å². The maximum atomic E-state index is 3.12. The van der Waals surface area contributed by atoms with Gasteiger partial charge in [-0.05, 0) is 0 Å². The molecule has 0 saturated heterocycles. The van der Waals surface area contributed by atoms with Crippen LogP contribution in [0.2, 0.25) is 0 Å². The molecule has 0 aliphatic heterocycles. The van der Waals surface area contributed by atoms with Crippen molar-refractivity contribution in [3.8, 4) is 0 Å². The van der Waals surface area contributed by atoms with E-state index >= 15 is 0 Å². The first kappa shape index (κ1) is 149. The van der Waals surface area contributed by atoms with E-state index in [1.54, 1.807) is 0 Å². The van der Waals surface area contributed by atoms with Gasteiger partial charge in [0.1, 0.15) is 0 Å². The summed E-state index contributed by atoms with van der Waals surface area (Å²) >= 11 is 0. The highest BCUT2D eigenvalue weighted by atomic mass is 13.0. The number of rotatable bonds is 0. The van der Waals surface area contributed by atoms with E-state index in [0.717, 1.165) is 0 Å². The predicted octanol–water partition coefficient (Wildman–Crippen LogP) is 12.6. The first-order chi connectivity index (χ1) is 13.8. The third-order valence-corrected chi connectivity index (χ3v) is 0. The minimum absolute atomic E-state index is 0. The molecule has 0 spiro atoms. The summed E-state index contributed by atoms with van der Waals surface area (Å²) in [4.78, 5) is 0. The lowest BCUT2D eigenvalue weighted by atomic mass is 11.0. The molecule has 0 heteroatoms.